The van der Waals surface area contributed by atoms with E-state index in [2.05, 4.69) is 20.7 Å². The topological polar surface area (TPSA) is 55.4 Å². The van der Waals surface area contributed by atoms with Crippen LogP contribution in [0.3, 0.4) is 0 Å². The number of rotatable bonds is 6. The van der Waals surface area contributed by atoms with Crippen LogP contribution in [0, 0.1) is 0 Å². The number of nitrogens with one attached hydrogen (secondary N) is 1. The third-order valence-electron chi connectivity index (χ3n) is 2.27. The summed E-state index contributed by atoms with van der Waals surface area (Å²) in [6.45, 7) is 0.413. The first-order valence-corrected chi connectivity index (χ1v) is 9.08. The third kappa shape index (κ3) is 4.46. The number of ether oxygens (including phenoxy) is 1. The van der Waals surface area contributed by atoms with Gasteiger partial charge in [-0.1, -0.05) is 17.7 Å². The van der Waals surface area contributed by atoms with Gasteiger partial charge in [0.15, 0.2) is 0 Å². The molecule has 2 aromatic rings. The number of hydrogen-bond donors (Lipinski definition) is 1. The van der Waals surface area contributed by atoms with Crippen molar-refractivity contribution < 1.29 is 13.2 Å². The average Bonchev–Trinajstić information content (AvgIpc) is 2.82. The molecule has 1 N–H and O–H groups in total. The van der Waals surface area contributed by atoms with Gasteiger partial charge in [-0.15, -0.1) is 11.3 Å². The van der Waals surface area contributed by atoms with Gasteiger partial charge in [0, 0.05) is 11.6 Å². The number of benzene rings is 1. The van der Waals surface area contributed by atoms with E-state index in [0.29, 0.717) is 10.8 Å². The van der Waals surface area contributed by atoms with Gasteiger partial charge in [-0.3, -0.25) is 0 Å². The fraction of sp³-hybridized carbons (Fsp3) is 0.167. The summed E-state index contributed by atoms with van der Waals surface area (Å²) in [6.07, 6.45) is 0. The molecule has 2 rings (SSSR count). The Bertz CT molecular complexity index is 688. The lowest BCUT2D eigenvalue weighted by Crippen LogP contribution is -2.27. The minimum absolute atomic E-state index is 0.185. The largest absolute Gasteiger partial charge is 0.492 e. The summed E-state index contributed by atoms with van der Waals surface area (Å²) in [4.78, 5) is 0. The molecule has 0 aliphatic heterocycles. The van der Waals surface area contributed by atoms with E-state index in [1.54, 1.807) is 36.4 Å². The monoisotopic (exact) mass is 395 g/mol. The predicted octanol–water partition coefficient (Wildman–Crippen LogP) is 3.52. The molecule has 0 amide bonds. The van der Waals surface area contributed by atoms with Crippen molar-refractivity contribution in [3.05, 3.63) is 45.2 Å². The molecule has 1 aromatic heterocycles. The van der Waals surface area contributed by atoms with E-state index in [-0.39, 0.29) is 17.4 Å². The van der Waals surface area contributed by atoms with Crippen molar-refractivity contribution in [1.29, 1.82) is 0 Å². The Morgan fingerprint density at radius 3 is 2.75 bits per heavy atom. The van der Waals surface area contributed by atoms with Gasteiger partial charge in [-0.25, -0.2) is 13.1 Å². The van der Waals surface area contributed by atoms with E-state index in [1.165, 1.54) is 0 Å². The van der Waals surface area contributed by atoms with Crippen LogP contribution in [0.1, 0.15) is 0 Å². The van der Waals surface area contributed by atoms with Crippen LogP contribution in [-0.2, 0) is 10.0 Å². The quantitative estimate of drug-likeness (QED) is 0.760. The van der Waals surface area contributed by atoms with Crippen LogP contribution in [0.2, 0.25) is 5.02 Å². The van der Waals surface area contributed by atoms with Crippen molar-refractivity contribution in [2.75, 3.05) is 13.2 Å². The van der Waals surface area contributed by atoms with Gasteiger partial charge >= 0.3 is 0 Å². The first-order chi connectivity index (χ1) is 9.47. The fourth-order valence-electron chi connectivity index (χ4n) is 1.41. The standard InChI is InChI=1S/C12H11BrClNO3S2/c13-11-4-5-12(19-11)20(16,17)15-6-7-18-10-3-1-2-9(14)8-10/h1-5,8,15H,6-7H2. The van der Waals surface area contributed by atoms with E-state index in [4.69, 9.17) is 16.3 Å². The Morgan fingerprint density at radius 2 is 2.10 bits per heavy atom. The molecule has 4 nitrogen and oxygen atoms in total. The molecule has 0 saturated heterocycles. The Hall–Kier alpha value is -0.600. The summed E-state index contributed by atoms with van der Waals surface area (Å²) in [5.41, 5.74) is 0. The van der Waals surface area contributed by atoms with Crippen LogP contribution >= 0.6 is 38.9 Å². The Labute approximate surface area is 134 Å². The van der Waals surface area contributed by atoms with E-state index in [9.17, 15) is 8.42 Å². The molecule has 1 aromatic carbocycles. The second-order valence-electron chi connectivity index (χ2n) is 3.76. The molecule has 0 radical (unpaired) electrons. The minimum Gasteiger partial charge on any atom is -0.492 e. The molecule has 108 valence electrons. The molecule has 0 saturated carbocycles. The van der Waals surface area contributed by atoms with Crippen LogP contribution in [0.4, 0.5) is 0 Å². The Morgan fingerprint density at radius 1 is 1.30 bits per heavy atom. The maximum absolute atomic E-state index is 11.9. The van der Waals surface area contributed by atoms with Crippen molar-refractivity contribution >= 4 is 48.9 Å². The van der Waals surface area contributed by atoms with Crippen LogP contribution in [0.5, 0.6) is 5.75 Å². The lowest BCUT2D eigenvalue weighted by atomic mass is 10.3. The van der Waals surface area contributed by atoms with Crippen molar-refractivity contribution in [1.82, 2.24) is 4.72 Å². The zero-order valence-corrected chi connectivity index (χ0v) is 14.2. The summed E-state index contributed by atoms with van der Waals surface area (Å²) in [6, 6.07) is 10.2. The average molecular weight is 397 g/mol. The van der Waals surface area contributed by atoms with Crippen LogP contribution in [0.15, 0.2) is 44.4 Å². The highest BCUT2D eigenvalue weighted by atomic mass is 79.9. The van der Waals surface area contributed by atoms with Crippen molar-refractivity contribution in [3.63, 3.8) is 0 Å². The van der Waals surface area contributed by atoms with Crippen molar-refractivity contribution in [2.24, 2.45) is 0 Å². The number of halogens is 2. The maximum atomic E-state index is 11.9. The third-order valence-corrected chi connectivity index (χ3v) is 6.08. The molecule has 0 aliphatic carbocycles. The summed E-state index contributed by atoms with van der Waals surface area (Å²) in [5, 5.41) is 0.575. The lowest BCUT2D eigenvalue weighted by molar-refractivity contribution is 0.323. The van der Waals surface area contributed by atoms with E-state index in [1.807, 2.05) is 0 Å². The van der Waals surface area contributed by atoms with Gasteiger partial charge in [0.25, 0.3) is 0 Å². The van der Waals surface area contributed by atoms with Gasteiger partial charge in [0.05, 0.1) is 3.79 Å². The summed E-state index contributed by atoms with van der Waals surface area (Å²) < 4.78 is 32.8. The summed E-state index contributed by atoms with van der Waals surface area (Å²) >= 11 is 10.2. The second kappa shape index (κ2) is 6.91. The number of sulfonamides is 1. The molecule has 0 spiro atoms. The highest BCUT2D eigenvalue weighted by molar-refractivity contribution is 9.11. The van der Waals surface area contributed by atoms with Gasteiger partial charge in [0.2, 0.25) is 10.0 Å². The molecule has 1 heterocycles. The van der Waals surface area contributed by atoms with Crippen LogP contribution in [0.25, 0.3) is 0 Å². The van der Waals surface area contributed by atoms with Crippen molar-refractivity contribution in [3.8, 4) is 5.75 Å². The fourth-order valence-corrected chi connectivity index (χ4v) is 4.66. The molecule has 20 heavy (non-hydrogen) atoms. The maximum Gasteiger partial charge on any atom is 0.250 e. The molecular formula is C12H11BrClNO3S2. The summed E-state index contributed by atoms with van der Waals surface area (Å²) in [5.74, 6) is 0.607. The van der Waals surface area contributed by atoms with E-state index >= 15 is 0 Å². The Balaban J connectivity index is 1.84. The Kier molecular flexibility index (Phi) is 5.45. The second-order valence-corrected chi connectivity index (χ2v) is 8.66. The molecule has 0 bridgehead atoms. The molecular weight excluding hydrogens is 386 g/mol. The molecule has 0 fully saturated rings. The minimum atomic E-state index is -3.47. The molecule has 0 aliphatic rings. The normalized spacial score (nSPS) is 11.5. The van der Waals surface area contributed by atoms with Gasteiger partial charge in [-0.2, -0.15) is 0 Å². The van der Waals surface area contributed by atoms with Gasteiger partial charge < -0.3 is 4.74 Å². The van der Waals surface area contributed by atoms with Gasteiger partial charge in [-0.05, 0) is 46.3 Å². The lowest BCUT2D eigenvalue weighted by Gasteiger charge is -2.07. The zero-order valence-electron chi connectivity index (χ0n) is 10.2. The van der Waals surface area contributed by atoms with E-state index < -0.39 is 10.0 Å². The van der Waals surface area contributed by atoms with Crippen molar-refractivity contribution in [2.45, 2.75) is 4.21 Å². The van der Waals surface area contributed by atoms with Gasteiger partial charge in [0.1, 0.15) is 16.6 Å². The van der Waals surface area contributed by atoms with Crippen LogP contribution in [-0.4, -0.2) is 21.6 Å². The molecule has 0 unspecified atom stereocenters. The number of thiophene rings is 1. The molecule has 8 heteroatoms. The highest BCUT2D eigenvalue weighted by Gasteiger charge is 2.15. The van der Waals surface area contributed by atoms with E-state index in [0.717, 1.165) is 15.1 Å². The number of hydrogen-bond acceptors (Lipinski definition) is 4. The smallest absolute Gasteiger partial charge is 0.250 e. The predicted molar refractivity (Wildman–Crippen MR) is 84.2 cm³/mol. The highest BCUT2D eigenvalue weighted by Crippen LogP contribution is 2.25. The first-order valence-electron chi connectivity index (χ1n) is 5.61. The summed E-state index contributed by atoms with van der Waals surface area (Å²) in [7, 11) is -3.47. The first kappa shape index (κ1) is 15.8. The molecule has 0 atom stereocenters. The SMILES string of the molecule is O=S(=O)(NCCOc1cccc(Cl)c1)c1ccc(Br)s1. The van der Waals surface area contributed by atoms with Crippen LogP contribution < -0.4 is 9.46 Å². The zero-order chi connectivity index (χ0) is 14.6.